The number of rotatable bonds is 3. The number of ether oxygens (including phenoxy) is 1. The molecule has 3 N–H and O–H groups in total. The smallest absolute Gasteiger partial charge is 0.0876 e. The Morgan fingerprint density at radius 2 is 2.20 bits per heavy atom. The monoisotopic (exact) mass is 269 g/mol. The van der Waals surface area contributed by atoms with E-state index in [1.54, 1.807) is 0 Å². The van der Waals surface area contributed by atoms with Gasteiger partial charge in [0.25, 0.3) is 0 Å². The molecular formula is C16H19N3O. The molecule has 0 aliphatic carbocycles. The SMILES string of the molecule is Cc1cc(C(NN)C2=COCCC2)nc2ccccc12. The highest BCUT2D eigenvalue weighted by molar-refractivity contribution is 5.82. The zero-order valence-corrected chi connectivity index (χ0v) is 11.6. The summed E-state index contributed by atoms with van der Waals surface area (Å²) in [6.07, 6.45) is 3.83. The summed E-state index contributed by atoms with van der Waals surface area (Å²) >= 11 is 0. The molecule has 1 aromatic carbocycles. The highest BCUT2D eigenvalue weighted by Crippen LogP contribution is 2.28. The van der Waals surface area contributed by atoms with E-state index in [4.69, 9.17) is 15.6 Å². The molecule has 0 spiro atoms. The molecule has 0 radical (unpaired) electrons. The molecule has 4 heteroatoms. The van der Waals surface area contributed by atoms with Gasteiger partial charge in [0.15, 0.2) is 0 Å². The van der Waals surface area contributed by atoms with Crippen molar-refractivity contribution in [3.63, 3.8) is 0 Å². The first-order chi connectivity index (χ1) is 9.79. The van der Waals surface area contributed by atoms with Gasteiger partial charge in [0.05, 0.1) is 30.1 Å². The third kappa shape index (κ3) is 2.40. The second kappa shape index (κ2) is 5.61. The average Bonchev–Trinajstić information content (AvgIpc) is 2.49. The van der Waals surface area contributed by atoms with E-state index in [9.17, 15) is 0 Å². The molecule has 1 atom stereocenters. The first-order valence-electron chi connectivity index (χ1n) is 6.92. The van der Waals surface area contributed by atoms with Crippen LogP contribution in [-0.2, 0) is 4.74 Å². The summed E-state index contributed by atoms with van der Waals surface area (Å²) in [5, 5.41) is 1.18. The predicted molar refractivity (Wildman–Crippen MR) is 79.8 cm³/mol. The minimum absolute atomic E-state index is 0.0846. The Kier molecular flexibility index (Phi) is 3.67. The lowest BCUT2D eigenvalue weighted by molar-refractivity contribution is 0.219. The summed E-state index contributed by atoms with van der Waals surface area (Å²) in [6.45, 7) is 2.89. The Morgan fingerprint density at radius 1 is 1.35 bits per heavy atom. The highest BCUT2D eigenvalue weighted by Gasteiger charge is 2.20. The van der Waals surface area contributed by atoms with E-state index in [2.05, 4.69) is 24.5 Å². The van der Waals surface area contributed by atoms with Gasteiger partial charge < -0.3 is 4.74 Å². The molecule has 2 aromatic rings. The zero-order valence-electron chi connectivity index (χ0n) is 11.6. The lowest BCUT2D eigenvalue weighted by Gasteiger charge is -2.22. The summed E-state index contributed by atoms with van der Waals surface area (Å²) in [4.78, 5) is 4.74. The maximum Gasteiger partial charge on any atom is 0.0876 e. The van der Waals surface area contributed by atoms with Crippen molar-refractivity contribution in [2.45, 2.75) is 25.8 Å². The molecule has 4 nitrogen and oxygen atoms in total. The van der Waals surface area contributed by atoms with Crippen LogP contribution in [0.15, 0.2) is 42.2 Å². The fourth-order valence-corrected chi connectivity index (χ4v) is 2.70. The first kappa shape index (κ1) is 13.1. The van der Waals surface area contributed by atoms with Crippen molar-refractivity contribution in [2.75, 3.05) is 6.61 Å². The molecule has 3 rings (SSSR count). The summed E-state index contributed by atoms with van der Waals surface area (Å²) < 4.78 is 5.42. The van der Waals surface area contributed by atoms with Gasteiger partial charge in [-0.1, -0.05) is 18.2 Å². The molecule has 1 aromatic heterocycles. The quantitative estimate of drug-likeness (QED) is 0.664. The maximum atomic E-state index is 5.74. The number of aryl methyl sites for hydroxylation is 1. The van der Waals surface area contributed by atoms with Gasteiger partial charge in [0.1, 0.15) is 0 Å². The Labute approximate surface area is 118 Å². The van der Waals surface area contributed by atoms with Gasteiger partial charge in [0.2, 0.25) is 0 Å². The van der Waals surface area contributed by atoms with Crippen LogP contribution in [0.25, 0.3) is 10.9 Å². The molecular weight excluding hydrogens is 250 g/mol. The van der Waals surface area contributed by atoms with Gasteiger partial charge in [-0.05, 0) is 43.0 Å². The van der Waals surface area contributed by atoms with Gasteiger partial charge in [-0.15, -0.1) is 0 Å². The molecule has 0 bridgehead atoms. The van der Waals surface area contributed by atoms with Crippen LogP contribution in [-0.4, -0.2) is 11.6 Å². The average molecular weight is 269 g/mol. The standard InChI is InChI=1S/C16H19N3O/c1-11-9-15(18-14-7-3-2-6-13(11)14)16(19-17)12-5-4-8-20-10-12/h2-3,6-7,9-10,16,19H,4-5,8,17H2,1H3. The molecule has 1 aliphatic heterocycles. The third-order valence-electron chi connectivity index (χ3n) is 3.74. The van der Waals surface area contributed by atoms with E-state index in [-0.39, 0.29) is 6.04 Å². The Balaban J connectivity index is 2.05. The highest BCUT2D eigenvalue weighted by atomic mass is 16.5. The van der Waals surface area contributed by atoms with Crippen LogP contribution in [0.4, 0.5) is 0 Å². The Hall–Kier alpha value is -1.91. The van der Waals surface area contributed by atoms with Crippen molar-refractivity contribution in [3.05, 3.63) is 53.4 Å². The summed E-state index contributed by atoms with van der Waals surface area (Å²) in [7, 11) is 0. The summed E-state index contributed by atoms with van der Waals surface area (Å²) in [5.41, 5.74) is 7.18. The molecule has 1 aliphatic rings. The normalized spacial score (nSPS) is 16.6. The van der Waals surface area contributed by atoms with Gasteiger partial charge in [-0.3, -0.25) is 10.8 Å². The van der Waals surface area contributed by atoms with Crippen molar-refractivity contribution in [1.82, 2.24) is 10.4 Å². The molecule has 0 saturated carbocycles. The van der Waals surface area contributed by atoms with Crippen molar-refractivity contribution in [3.8, 4) is 0 Å². The number of benzene rings is 1. The third-order valence-corrected chi connectivity index (χ3v) is 3.74. The van der Waals surface area contributed by atoms with Gasteiger partial charge in [-0.2, -0.15) is 0 Å². The molecule has 104 valence electrons. The maximum absolute atomic E-state index is 5.74. The van der Waals surface area contributed by atoms with E-state index in [0.717, 1.165) is 36.2 Å². The van der Waals surface area contributed by atoms with Crippen LogP contribution in [0.1, 0.15) is 30.1 Å². The van der Waals surface area contributed by atoms with Crippen molar-refractivity contribution < 1.29 is 4.74 Å². The number of hydrazine groups is 1. The fourth-order valence-electron chi connectivity index (χ4n) is 2.70. The summed E-state index contributed by atoms with van der Waals surface area (Å²) in [5.74, 6) is 5.74. The van der Waals surface area contributed by atoms with E-state index in [1.165, 1.54) is 10.9 Å². The van der Waals surface area contributed by atoms with Crippen LogP contribution >= 0.6 is 0 Å². The van der Waals surface area contributed by atoms with Gasteiger partial charge in [-0.25, -0.2) is 5.43 Å². The fraction of sp³-hybridized carbons (Fsp3) is 0.312. The zero-order chi connectivity index (χ0) is 13.9. The number of aromatic nitrogens is 1. The molecule has 0 amide bonds. The largest absolute Gasteiger partial charge is 0.501 e. The van der Waals surface area contributed by atoms with Crippen LogP contribution in [0.2, 0.25) is 0 Å². The molecule has 1 unspecified atom stereocenters. The Bertz CT molecular complexity index is 651. The second-order valence-corrected chi connectivity index (χ2v) is 5.15. The number of hydrogen-bond donors (Lipinski definition) is 2. The van der Waals surface area contributed by atoms with Crippen molar-refractivity contribution in [1.29, 1.82) is 0 Å². The molecule has 2 heterocycles. The predicted octanol–water partition coefficient (Wildman–Crippen LogP) is 2.74. The van der Waals surface area contributed by atoms with E-state index in [1.807, 2.05) is 24.5 Å². The van der Waals surface area contributed by atoms with E-state index in [0.29, 0.717) is 0 Å². The number of pyridine rings is 1. The van der Waals surface area contributed by atoms with Gasteiger partial charge in [0, 0.05) is 5.39 Å². The topological polar surface area (TPSA) is 60.2 Å². The lowest BCUT2D eigenvalue weighted by Crippen LogP contribution is -2.31. The minimum Gasteiger partial charge on any atom is -0.501 e. The lowest BCUT2D eigenvalue weighted by atomic mass is 9.97. The van der Waals surface area contributed by atoms with E-state index < -0.39 is 0 Å². The molecule has 20 heavy (non-hydrogen) atoms. The van der Waals surface area contributed by atoms with Crippen LogP contribution in [0.5, 0.6) is 0 Å². The van der Waals surface area contributed by atoms with Crippen LogP contribution in [0, 0.1) is 6.92 Å². The molecule has 0 saturated heterocycles. The van der Waals surface area contributed by atoms with Crippen molar-refractivity contribution in [2.24, 2.45) is 5.84 Å². The number of para-hydroxylation sites is 1. The number of nitrogens with zero attached hydrogens (tertiary/aromatic N) is 1. The van der Waals surface area contributed by atoms with E-state index >= 15 is 0 Å². The number of hydrogen-bond acceptors (Lipinski definition) is 4. The minimum atomic E-state index is -0.0846. The van der Waals surface area contributed by atoms with Crippen LogP contribution < -0.4 is 11.3 Å². The van der Waals surface area contributed by atoms with Gasteiger partial charge >= 0.3 is 0 Å². The number of nitrogens with one attached hydrogen (secondary N) is 1. The first-order valence-corrected chi connectivity index (χ1v) is 6.92. The van der Waals surface area contributed by atoms with Crippen LogP contribution in [0.3, 0.4) is 0 Å². The molecule has 0 fully saturated rings. The van der Waals surface area contributed by atoms with Crippen molar-refractivity contribution >= 4 is 10.9 Å². The number of nitrogens with two attached hydrogens (primary N) is 1. The second-order valence-electron chi connectivity index (χ2n) is 5.15. The number of fused-ring (bicyclic) bond motifs is 1. The summed E-state index contributed by atoms with van der Waals surface area (Å²) in [6, 6.07) is 10.2. The Morgan fingerprint density at radius 3 is 2.95 bits per heavy atom.